The van der Waals surface area contributed by atoms with Gasteiger partial charge in [0.1, 0.15) is 11.0 Å². The Kier molecular flexibility index (Phi) is 5.39. The molecule has 0 saturated heterocycles. The molecule has 1 amide bonds. The van der Waals surface area contributed by atoms with Gasteiger partial charge in [0.25, 0.3) is 5.91 Å². The quantitative estimate of drug-likeness (QED) is 0.844. The number of nitrogens with zero attached hydrogens (tertiary/aromatic N) is 1. The zero-order valence-corrected chi connectivity index (χ0v) is 12.9. The van der Waals surface area contributed by atoms with Crippen molar-refractivity contribution in [2.45, 2.75) is 6.42 Å². The summed E-state index contributed by atoms with van der Waals surface area (Å²) in [6, 6.07) is 6.18. The van der Waals surface area contributed by atoms with Gasteiger partial charge in [-0.05, 0) is 30.2 Å². The molecule has 1 N–H and O–H groups in total. The molecule has 0 radical (unpaired) electrons. The fraction of sp³-hybridized carbons (Fsp3) is 0.143. The molecule has 21 heavy (non-hydrogen) atoms. The van der Waals surface area contributed by atoms with E-state index in [1.165, 1.54) is 0 Å². The summed E-state index contributed by atoms with van der Waals surface area (Å²) in [5.41, 5.74) is 0.851. The van der Waals surface area contributed by atoms with Gasteiger partial charge in [-0.1, -0.05) is 40.9 Å². The van der Waals surface area contributed by atoms with Crippen LogP contribution in [0.2, 0.25) is 15.2 Å². The smallest absolute Gasteiger partial charge is 0.254 e. The van der Waals surface area contributed by atoms with Crippen molar-refractivity contribution in [3.05, 3.63) is 62.6 Å². The lowest BCUT2D eigenvalue weighted by atomic mass is 10.1. The first-order valence-electron chi connectivity index (χ1n) is 6.00. The zero-order chi connectivity index (χ0) is 15.4. The van der Waals surface area contributed by atoms with E-state index in [0.717, 1.165) is 17.8 Å². The van der Waals surface area contributed by atoms with Crippen LogP contribution < -0.4 is 5.32 Å². The average molecular weight is 348 g/mol. The fourth-order valence-electron chi connectivity index (χ4n) is 1.71. The first-order valence-corrected chi connectivity index (χ1v) is 7.14. The molecule has 0 aliphatic rings. The van der Waals surface area contributed by atoms with Crippen LogP contribution in [-0.2, 0) is 6.42 Å². The van der Waals surface area contributed by atoms with E-state index in [0.29, 0.717) is 23.0 Å². The maximum absolute atomic E-state index is 13.1. The Hall–Kier alpha value is -1.36. The van der Waals surface area contributed by atoms with Crippen molar-refractivity contribution in [3.63, 3.8) is 0 Å². The zero-order valence-electron chi connectivity index (χ0n) is 10.7. The predicted octanol–water partition coefficient (Wildman–Crippen LogP) is 4.15. The highest BCUT2D eigenvalue weighted by atomic mass is 35.5. The number of carbonyl (C=O) groups excluding carboxylic acids is 1. The molecule has 0 unspecified atom stereocenters. The third-order valence-corrected chi connectivity index (χ3v) is 3.63. The van der Waals surface area contributed by atoms with Crippen LogP contribution in [0.1, 0.15) is 15.9 Å². The third kappa shape index (κ3) is 4.30. The number of rotatable bonds is 4. The number of pyridine rings is 1. The lowest BCUT2D eigenvalue weighted by molar-refractivity contribution is 0.0953. The SMILES string of the molecule is O=C(NCCc1ccc(Cl)cc1Cl)c1cc(F)cnc1Cl. The normalized spacial score (nSPS) is 10.5. The van der Waals surface area contributed by atoms with Crippen LogP contribution in [-0.4, -0.2) is 17.4 Å². The number of halogens is 4. The van der Waals surface area contributed by atoms with Gasteiger partial charge in [-0.2, -0.15) is 0 Å². The van der Waals surface area contributed by atoms with E-state index < -0.39 is 11.7 Å². The molecule has 1 aromatic carbocycles. The lowest BCUT2D eigenvalue weighted by Crippen LogP contribution is -2.26. The molecule has 0 fully saturated rings. The molecular formula is C14H10Cl3FN2O. The molecule has 0 aliphatic heterocycles. The minimum atomic E-state index is -0.620. The molecule has 3 nitrogen and oxygen atoms in total. The highest BCUT2D eigenvalue weighted by Gasteiger charge is 2.12. The van der Waals surface area contributed by atoms with Gasteiger partial charge in [0.2, 0.25) is 0 Å². The molecule has 1 aromatic heterocycles. The summed E-state index contributed by atoms with van der Waals surface area (Å²) in [6.45, 7) is 0.326. The van der Waals surface area contributed by atoms with Gasteiger partial charge in [-0.25, -0.2) is 9.37 Å². The fourth-order valence-corrected chi connectivity index (χ4v) is 2.40. The van der Waals surface area contributed by atoms with E-state index in [1.54, 1.807) is 18.2 Å². The number of aromatic nitrogens is 1. The van der Waals surface area contributed by atoms with Crippen LogP contribution in [0, 0.1) is 5.82 Å². The second-order valence-corrected chi connectivity index (χ2v) is 5.44. The van der Waals surface area contributed by atoms with E-state index >= 15 is 0 Å². The van der Waals surface area contributed by atoms with Gasteiger partial charge in [0.05, 0.1) is 11.8 Å². The minimum Gasteiger partial charge on any atom is -0.352 e. The monoisotopic (exact) mass is 346 g/mol. The van der Waals surface area contributed by atoms with E-state index in [-0.39, 0.29) is 10.7 Å². The van der Waals surface area contributed by atoms with Crippen molar-refractivity contribution in [1.29, 1.82) is 0 Å². The lowest BCUT2D eigenvalue weighted by Gasteiger charge is -2.08. The standard InChI is InChI=1S/C14H10Cl3FN2O/c15-9-2-1-8(12(16)5-9)3-4-19-14(21)11-6-10(18)7-20-13(11)17/h1-2,5-7H,3-4H2,(H,19,21). The second kappa shape index (κ2) is 7.07. The molecule has 0 spiro atoms. The number of hydrogen-bond donors (Lipinski definition) is 1. The Morgan fingerprint density at radius 1 is 1.24 bits per heavy atom. The minimum absolute atomic E-state index is 0.00105. The van der Waals surface area contributed by atoms with Gasteiger partial charge in [0, 0.05) is 16.6 Å². The average Bonchev–Trinajstić information content (AvgIpc) is 2.43. The summed E-state index contributed by atoms with van der Waals surface area (Å²) in [4.78, 5) is 15.5. The molecule has 110 valence electrons. The van der Waals surface area contributed by atoms with Gasteiger partial charge >= 0.3 is 0 Å². The number of amides is 1. The molecule has 0 bridgehead atoms. The summed E-state index contributed by atoms with van der Waals surface area (Å²) in [6.07, 6.45) is 1.47. The highest BCUT2D eigenvalue weighted by Crippen LogP contribution is 2.21. The summed E-state index contributed by atoms with van der Waals surface area (Å²) in [5, 5.41) is 3.67. The summed E-state index contributed by atoms with van der Waals surface area (Å²) in [5.74, 6) is -1.11. The Labute approximate surface area is 136 Å². The van der Waals surface area contributed by atoms with E-state index in [4.69, 9.17) is 34.8 Å². The molecule has 0 saturated carbocycles. The molecule has 0 atom stereocenters. The number of nitrogens with one attached hydrogen (secondary N) is 1. The van der Waals surface area contributed by atoms with Crippen molar-refractivity contribution < 1.29 is 9.18 Å². The summed E-state index contributed by atoms with van der Waals surface area (Å²) >= 11 is 17.6. The third-order valence-electron chi connectivity index (χ3n) is 2.75. The van der Waals surface area contributed by atoms with E-state index in [9.17, 15) is 9.18 Å². The molecule has 2 aromatic rings. The van der Waals surface area contributed by atoms with Crippen molar-refractivity contribution in [3.8, 4) is 0 Å². The van der Waals surface area contributed by atoms with Crippen LogP contribution in [0.15, 0.2) is 30.5 Å². The summed E-state index contributed by atoms with van der Waals surface area (Å²) < 4.78 is 13.1. The maximum atomic E-state index is 13.1. The van der Waals surface area contributed by atoms with Crippen LogP contribution in [0.3, 0.4) is 0 Å². The van der Waals surface area contributed by atoms with Crippen LogP contribution in [0.5, 0.6) is 0 Å². The Balaban J connectivity index is 1.97. The molecule has 7 heteroatoms. The van der Waals surface area contributed by atoms with Crippen molar-refractivity contribution in [2.75, 3.05) is 6.54 Å². The number of benzene rings is 1. The van der Waals surface area contributed by atoms with Crippen molar-refractivity contribution in [2.24, 2.45) is 0 Å². The van der Waals surface area contributed by atoms with Gasteiger partial charge < -0.3 is 5.32 Å². The molecule has 2 rings (SSSR count). The molecular weight excluding hydrogens is 338 g/mol. The Morgan fingerprint density at radius 3 is 2.71 bits per heavy atom. The van der Waals surface area contributed by atoms with E-state index in [2.05, 4.69) is 10.3 Å². The van der Waals surface area contributed by atoms with Gasteiger partial charge in [-0.15, -0.1) is 0 Å². The highest BCUT2D eigenvalue weighted by molar-refractivity contribution is 6.35. The second-order valence-electron chi connectivity index (χ2n) is 4.23. The molecule has 1 heterocycles. The van der Waals surface area contributed by atoms with Crippen LogP contribution >= 0.6 is 34.8 Å². The van der Waals surface area contributed by atoms with E-state index in [1.807, 2.05) is 0 Å². The van der Waals surface area contributed by atoms with Crippen molar-refractivity contribution >= 4 is 40.7 Å². The first kappa shape index (κ1) is 16.0. The van der Waals surface area contributed by atoms with Gasteiger partial charge in [0.15, 0.2) is 0 Å². The number of hydrogen-bond acceptors (Lipinski definition) is 2. The maximum Gasteiger partial charge on any atom is 0.254 e. The summed E-state index contributed by atoms with van der Waals surface area (Å²) in [7, 11) is 0. The largest absolute Gasteiger partial charge is 0.352 e. The molecule has 0 aliphatic carbocycles. The first-order chi connectivity index (χ1) is 9.97. The Bertz CT molecular complexity index is 679. The van der Waals surface area contributed by atoms with Crippen LogP contribution in [0.4, 0.5) is 4.39 Å². The van der Waals surface area contributed by atoms with Gasteiger partial charge in [-0.3, -0.25) is 4.79 Å². The van der Waals surface area contributed by atoms with Crippen LogP contribution in [0.25, 0.3) is 0 Å². The topological polar surface area (TPSA) is 42.0 Å². The number of carbonyl (C=O) groups is 1. The predicted molar refractivity (Wildman–Crippen MR) is 81.7 cm³/mol. The Morgan fingerprint density at radius 2 is 2.00 bits per heavy atom. The van der Waals surface area contributed by atoms with Crippen molar-refractivity contribution in [1.82, 2.24) is 10.3 Å².